The van der Waals surface area contributed by atoms with E-state index in [2.05, 4.69) is 15.5 Å². The molecule has 4 rings (SSSR count). The van der Waals surface area contributed by atoms with Gasteiger partial charge in [-0.05, 0) is 62.2 Å². The molecule has 0 spiro atoms. The smallest absolute Gasteiger partial charge is 0.259 e. The first kappa shape index (κ1) is 23.7. The minimum absolute atomic E-state index is 0.131. The molecule has 1 amide bonds. The molecule has 4 aromatic rings. The molecule has 10 heteroatoms. The third kappa shape index (κ3) is 4.10. The van der Waals surface area contributed by atoms with Gasteiger partial charge in [-0.15, -0.1) is 0 Å². The molecular formula is C24H26N4O5S. The predicted octanol–water partition coefficient (Wildman–Crippen LogP) is 4.69. The molecule has 0 aliphatic carbocycles. The number of hydrogen-bond donors (Lipinski definition) is 1. The number of sulfonamides is 1. The van der Waals surface area contributed by atoms with Crippen LogP contribution in [0.15, 0.2) is 50.4 Å². The van der Waals surface area contributed by atoms with Gasteiger partial charge in [0, 0.05) is 18.8 Å². The maximum atomic E-state index is 13.5. The highest BCUT2D eigenvalue weighted by Crippen LogP contribution is 2.30. The molecule has 0 atom stereocenters. The zero-order valence-corrected chi connectivity index (χ0v) is 20.5. The Morgan fingerprint density at radius 2 is 1.85 bits per heavy atom. The summed E-state index contributed by atoms with van der Waals surface area (Å²) < 4.78 is 38.3. The van der Waals surface area contributed by atoms with E-state index in [1.165, 1.54) is 16.6 Å². The summed E-state index contributed by atoms with van der Waals surface area (Å²) in [7, 11) is -3.70. The predicted molar refractivity (Wildman–Crippen MR) is 128 cm³/mol. The van der Waals surface area contributed by atoms with Crippen molar-refractivity contribution >= 4 is 32.7 Å². The lowest BCUT2D eigenvalue weighted by Gasteiger charge is -2.20. The van der Waals surface area contributed by atoms with Gasteiger partial charge in [0.25, 0.3) is 11.6 Å². The Bertz CT molecular complexity index is 1470. The molecule has 178 valence electrons. The van der Waals surface area contributed by atoms with Crippen molar-refractivity contribution < 1.29 is 22.2 Å². The molecule has 9 nitrogen and oxygen atoms in total. The van der Waals surface area contributed by atoms with Crippen LogP contribution in [0.2, 0.25) is 0 Å². The van der Waals surface area contributed by atoms with E-state index in [0.29, 0.717) is 46.9 Å². The minimum atomic E-state index is -3.70. The Balaban J connectivity index is 1.79. The molecule has 3 heterocycles. The molecule has 3 aromatic heterocycles. The summed E-state index contributed by atoms with van der Waals surface area (Å²) in [5.41, 5.74) is 3.38. The minimum Gasteiger partial charge on any atom is -0.463 e. The summed E-state index contributed by atoms with van der Waals surface area (Å²) in [6, 6.07) is 8.19. The highest BCUT2D eigenvalue weighted by Gasteiger charge is 2.25. The molecule has 0 unspecified atom stereocenters. The van der Waals surface area contributed by atoms with E-state index in [4.69, 9.17) is 8.94 Å². The van der Waals surface area contributed by atoms with E-state index in [9.17, 15) is 13.2 Å². The molecule has 34 heavy (non-hydrogen) atoms. The lowest BCUT2D eigenvalue weighted by molar-refractivity contribution is 0.102. The van der Waals surface area contributed by atoms with Crippen molar-refractivity contribution in [1.82, 2.24) is 14.4 Å². The van der Waals surface area contributed by atoms with Crippen molar-refractivity contribution in [2.75, 3.05) is 18.4 Å². The van der Waals surface area contributed by atoms with Crippen LogP contribution in [0.3, 0.4) is 0 Å². The van der Waals surface area contributed by atoms with Crippen LogP contribution in [0.1, 0.15) is 41.0 Å². The highest BCUT2D eigenvalue weighted by molar-refractivity contribution is 7.89. The second kappa shape index (κ2) is 9.03. The Morgan fingerprint density at radius 3 is 2.50 bits per heavy atom. The van der Waals surface area contributed by atoms with Crippen LogP contribution in [-0.4, -0.2) is 41.9 Å². The summed E-state index contributed by atoms with van der Waals surface area (Å²) in [4.78, 5) is 18.0. The first-order valence-electron chi connectivity index (χ1n) is 10.9. The normalized spacial score (nSPS) is 11.9. The van der Waals surface area contributed by atoms with Gasteiger partial charge < -0.3 is 14.3 Å². The summed E-state index contributed by atoms with van der Waals surface area (Å²) in [6.07, 6.45) is 1.51. The number of anilines is 1. The average molecular weight is 483 g/mol. The topological polar surface area (TPSA) is 119 Å². The van der Waals surface area contributed by atoms with Crippen LogP contribution >= 0.6 is 0 Å². The number of carbonyl (C=O) groups excluding carboxylic acids is 1. The van der Waals surface area contributed by atoms with Gasteiger partial charge in [0.05, 0.1) is 27.8 Å². The van der Waals surface area contributed by atoms with Crippen LogP contribution in [-0.2, 0) is 10.0 Å². The summed E-state index contributed by atoms with van der Waals surface area (Å²) in [6.45, 7) is 9.66. The van der Waals surface area contributed by atoms with Gasteiger partial charge in [0.15, 0.2) is 5.76 Å². The number of fused-ring (bicyclic) bond motifs is 1. The molecule has 1 N–H and O–H groups in total. The van der Waals surface area contributed by atoms with Gasteiger partial charge in [0.1, 0.15) is 5.69 Å². The number of benzene rings is 1. The number of amides is 1. The number of rotatable bonds is 7. The van der Waals surface area contributed by atoms with Crippen molar-refractivity contribution in [2.24, 2.45) is 0 Å². The number of pyridine rings is 1. The number of hydrogen-bond acceptors (Lipinski definition) is 7. The average Bonchev–Trinajstić information content (AvgIpc) is 3.47. The maximum absolute atomic E-state index is 13.5. The SMILES string of the molecule is CCN(CC)S(=O)(=O)c1cc(C)c(C)c(NC(=O)c2cc(-c3ccco3)nc3onc(C)c23)c1. The number of nitrogens with one attached hydrogen (secondary N) is 1. The number of aromatic nitrogens is 2. The van der Waals surface area contributed by atoms with Crippen LogP contribution in [0.4, 0.5) is 5.69 Å². The molecule has 0 saturated carbocycles. The molecule has 0 aliphatic heterocycles. The van der Waals surface area contributed by atoms with E-state index >= 15 is 0 Å². The van der Waals surface area contributed by atoms with Gasteiger partial charge in [-0.25, -0.2) is 13.4 Å². The quantitative estimate of drug-likeness (QED) is 0.406. The number of carbonyl (C=O) groups is 1. The Labute approximate surface area is 197 Å². The van der Waals surface area contributed by atoms with E-state index in [1.54, 1.807) is 45.0 Å². The Kier molecular flexibility index (Phi) is 6.28. The van der Waals surface area contributed by atoms with E-state index < -0.39 is 15.9 Å². The largest absolute Gasteiger partial charge is 0.463 e. The van der Waals surface area contributed by atoms with Crippen LogP contribution < -0.4 is 5.32 Å². The second-order valence-electron chi connectivity index (χ2n) is 7.94. The maximum Gasteiger partial charge on any atom is 0.259 e. The molecular weight excluding hydrogens is 456 g/mol. The van der Waals surface area contributed by atoms with Crippen molar-refractivity contribution in [2.45, 2.75) is 39.5 Å². The molecule has 0 saturated heterocycles. The highest BCUT2D eigenvalue weighted by atomic mass is 32.2. The van der Waals surface area contributed by atoms with Crippen LogP contribution in [0, 0.1) is 20.8 Å². The van der Waals surface area contributed by atoms with Crippen LogP contribution in [0.5, 0.6) is 0 Å². The first-order valence-corrected chi connectivity index (χ1v) is 12.3. The van der Waals surface area contributed by atoms with Gasteiger partial charge in [0.2, 0.25) is 10.0 Å². The van der Waals surface area contributed by atoms with Gasteiger partial charge in [-0.3, -0.25) is 4.79 Å². The Hall–Kier alpha value is -3.50. The lowest BCUT2D eigenvalue weighted by atomic mass is 10.1. The summed E-state index contributed by atoms with van der Waals surface area (Å²) in [5, 5.41) is 7.32. The van der Waals surface area contributed by atoms with Gasteiger partial charge in [-0.1, -0.05) is 19.0 Å². The van der Waals surface area contributed by atoms with E-state index in [0.717, 1.165) is 11.1 Å². The third-order valence-corrected chi connectivity index (χ3v) is 7.90. The summed E-state index contributed by atoms with van der Waals surface area (Å²) >= 11 is 0. The first-order chi connectivity index (χ1) is 16.2. The fourth-order valence-electron chi connectivity index (χ4n) is 3.83. The zero-order chi connectivity index (χ0) is 24.6. The van der Waals surface area contributed by atoms with Crippen molar-refractivity contribution in [3.05, 3.63) is 59.0 Å². The lowest BCUT2D eigenvalue weighted by Crippen LogP contribution is -2.30. The van der Waals surface area contributed by atoms with Gasteiger partial charge in [-0.2, -0.15) is 4.31 Å². The van der Waals surface area contributed by atoms with Crippen LogP contribution in [0.25, 0.3) is 22.6 Å². The van der Waals surface area contributed by atoms with Crippen molar-refractivity contribution in [1.29, 1.82) is 0 Å². The Morgan fingerprint density at radius 1 is 1.12 bits per heavy atom. The number of furan rings is 1. The molecule has 1 aromatic carbocycles. The monoisotopic (exact) mass is 482 g/mol. The second-order valence-corrected chi connectivity index (χ2v) is 9.87. The standard InChI is InChI=1S/C24H26N4O5S/c1-6-28(7-2)34(30,31)17-11-14(3)15(4)19(12-17)25-23(29)18-13-20(21-9-8-10-32-21)26-24-22(18)16(5)27-33-24/h8-13H,6-7H2,1-5H3,(H,25,29). The zero-order valence-electron chi connectivity index (χ0n) is 19.7. The molecule has 0 fully saturated rings. The van der Waals surface area contributed by atoms with E-state index in [-0.39, 0.29) is 10.6 Å². The molecule has 0 aliphatic rings. The third-order valence-electron chi connectivity index (χ3n) is 5.87. The molecule has 0 radical (unpaired) electrons. The summed E-state index contributed by atoms with van der Waals surface area (Å²) in [5.74, 6) is 0.0377. The van der Waals surface area contributed by atoms with Crippen molar-refractivity contribution in [3.8, 4) is 11.5 Å². The fourth-order valence-corrected chi connectivity index (χ4v) is 5.40. The fraction of sp³-hybridized carbons (Fsp3) is 0.292. The van der Waals surface area contributed by atoms with E-state index in [1.807, 2.05) is 13.8 Å². The van der Waals surface area contributed by atoms with Gasteiger partial charge >= 0.3 is 0 Å². The van der Waals surface area contributed by atoms with Crippen molar-refractivity contribution in [3.63, 3.8) is 0 Å². The molecule has 0 bridgehead atoms. The number of aryl methyl sites for hydroxylation is 2. The number of nitrogens with zero attached hydrogens (tertiary/aromatic N) is 3.